The molecule has 4 heterocycles. The van der Waals surface area contributed by atoms with E-state index in [1.165, 1.54) is 5.57 Å². The monoisotopic (exact) mass is 441 g/mol. The van der Waals surface area contributed by atoms with Crippen LogP contribution in [-0.2, 0) is 7.05 Å². The van der Waals surface area contributed by atoms with Crippen molar-refractivity contribution < 1.29 is 4.79 Å². The van der Waals surface area contributed by atoms with Gasteiger partial charge in [0.05, 0.1) is 5.69 Å². The molecule has 0 N–H and O–H groups in total. The summed E-state index contributed by atoms with van der Waals surface area (Å²) in [5, 5.41) is 0. The van der Waals surface area contributed by atoms with Crippen molar-refractivity contribution in [1.29, 1.82) is 0 Å². The minimum atomic E-state index is -0.0901. The number of rotatable bonds is 4. The summed E-state index contributed by atoms with van der Waals surface area (Å²) in [5.74, 6) is 0.770. The molecule has 1 aromatic carbocycles. The van der Waals surface area contributed by atoms with Gasteiger partial charge in [-0.25, -0.2) is 4.98 Å². The van der Waals surface area contributed by atoms with E-state index in [-0.39, 0.29) is 11.5 Å². The van der Waals surface area contributed by atoms with Gasteiger partial charge < -0.3 is 9.80 Å². The first-order valence-electron chi connectivity index (χ1n) is 11.4. The van der Waals surface area contributed by atoms with Gasteiger partial charge in [0.25, 0.3) is 11.5 Å². The van der Waals surface area contributed by atoms with Gasteiger partial charge in [-0.3, -0.25) is 19.1 Å². The summed E-state index contributed by atoms with van der Waals surface area (Å²) in [6, 6.07) is 13.2. The molecular weight excluding hydrogens is 414 g/mol. The summed E-state index contributed by atoms with van der Waals surface area (Å²) in [5.41, 5.74) is 4.43. The van der Waals surface area contributed by atoms with Crippen LogP contribution >= 0.6 is 0 Å². The summed E-state index contributed by atoms with van der Waals surface area (Å²) in [6.45, 7) is 3.14. The molecule has 7 heteroatoms. The van der Waals surface area contributed by atoms with Crippen LogP contribution in [0.1, 0.15) is 35.2 Å². The van der Waals surface area contributed by atoms with E-state index in [4.69, 9.17) is 4.98 Å². The second kappa shape index (κ2) is 9.02. The molecule has 1 fully saturated rings. The average molecular weight is 442 g/mol. The first-order valence-corrected chi connectivity index (χ1v) is 11.4. The lowest BCUT2D eigenvalue weighted by molar-refractivity contribution is 0.0793. The highest BCUT2D eigenvalue weighted by molar-refractivity contribution is 5.94. The Kier molecular flexibility index (Phi) is 5.77. The molecular formula is C26H27N5O2. The van der Waals surface area contributed by atoms with Crippen molar-refractivity contribution in [2.75, 3.05) is 31.1 Å². The molecule has 0 unspecified atom stereocenters. The van der Waals surface area contributed by atoms with Gasteiger partial charge in [0.15, 0.2) is 0 Å². The fourth-order valence-electron chi connectivity index (χ4n) is 4.53. The third-order valence-electron chi connectivity index (χ3n) is 6.42. The molecule has 168 valence electrons. The summed E-state index contributed by atoms with van der Waals surface area (Å²) >= 11 is 0. The Morgan fingerprint density at radius 1 is 0.939 bits per heavy atom. The van der Waals surface area contributed by atoms with Crippen LogP contribution in [0.3, 0.4) is 0 Å². The minimum absolute atomic E-state index is 0.0901. The highest BCUT2D eigenvalue weighted by atomic mass is 16.2. The minimum Gasteiger partial charge on any atom is -0.339 e. The summed E-state index contributed by atoms with van der Waals surface area (Å²) in [6.07, 6.45) is 8.68. The van der Waals surface area contributed by atoms with Crippen molar-refractivity contribution in [3.63, 3.8) is 0 Å². The van der Waals surface area contributed by atoms with E-state index in [9.17, 15) is 9.59 Å². The summed E-state index contributed by atoms with van der Waals surface area (Å²) in [4.78, 5) is 38.3. The third kappa shape index (κ3) is 4.31. The van der Waals surface area contributed by atoms with Crippen molar-refractivity contribution in [3.05, 3.63) is 82.4 Å². The van der Waals surface area contributed by atoms with Crippen LogP contribution in [-0.4, -0.2) is 51.5 Å². The second-order valence-electron chi connectivity index (χ2n) is 8.59. The Hall–Kier alpha value is -3.74. The lowest BCUT2D eigenvalue weighted by Crippen LogP contribution is -2.35. The van der Waals surface area contributed by atoms with E-state index >= 15 is 0 Å². The fraction of sp³-hybridized carbons (Fsp3) is 0.308. The smallest absolute Gasteiger partial charge is 0.255 e. The highest BCUT2D eigenvalue weighted by Gasteiger charge is 2.21. The molecule has 0 radical (unpaired) electrons. The lowest BCUT2D eigenvalue weighted by Gasteiger charge is -2.30. The Morgan fingerprint density at radius 2 is 1.67 bits per heavy atom. The highest BCUT2D eigenvalue weighted by Crippen LogP contribution is 2.26. The Bertz CT molecular complexity index is 1240. The summed E-state index contributed by atoms with van der Waals surface area (Å²) < 4.78 is 1.60. The van der Waals surface area contributed by atoms with Gasteiger partial charge in [0.2, 0.25) is 5.95 Å². The molecule has 1 amide bonds. The molecule has 0 aliphatic carbocycles. The van der Waals surface area contributed by atoms with E-state index in [1.807, 2.05) is 41.3 Å². The van der Waals surface area contributed by atoms with Crippen molar-refractivity contribution in [2.45, 2.75) is 19.3 Å². The maximum atomic E-state index is 12.7. The number of anilines is 1. The van der Waals surface area contributed by atoms with Gasteiger partial charge in [-0.05, 0) is 54.7 Å². The van der Waals surface area contributed by atoms with Gasteiger partial charge >= 0.3 is 0 Å². The van der Waals surface area contributed by atoms with Gasteiger partial charge in [-0.2, -0.15) is 0 Å². The first-order chi connectivity index (χ1) is 16.1. The van der Waals surface area contributed by atoms with E-state index in [0.717, 1.165) is 55.6 Å². The number of carbonyl (C=O) groups excluding carboxylic acids is 1. The molecule has 0 atom stereocenters. The maximum Gasteiger partial charge on any atom is 0.255 e. The predicted molar refractivity (Wildman–Crippen MR) is 129 cm³/mol. The number of aromatic nitrogens is 3. The zero-order valence-corrected chi connectivity index (χ0v) is 18.8. The van der Waals surface area contributed by atoms with Gasteiger partial charge in [-0.1, -0.05) is 18.2 Å². The lowest BCUT2D eigenvalue weighted by atomic mass is 9.99. The van der Waals surface area contributed by atoms with E-state index < -0.39 is 0 Å². The van der Waals surface area contributed by atoms with E-state index in [0.29, 0.717) is 18.2 Å². The molecule has 0 spiro atoms. The number of benzene rings is 1. The van der Waals surface area contributed by atoms with Crippen LogP contribution in [0.15, 0.2) is 65.7 Å². The second-order valence-corrected chi connectivity index (χ2v) is 8.59. The molecule has 0 bridgehead atoms. The molecule has 33 heavy (non-hydrogen) atoms. The van der Waals surface area contributed by atoms with Crippen LogP contribution in [0, 0.1) is 0 Å². The van der Waals surface area contributed by atoms with Crippen LogP contribution in [0.4, 0.5) is 5.95 Å². The Morgan fingerprint density at radius 3 is 2.39 bits per heavy atom. The van der Waals surface area contributed by atoms with Crippen molar-refractivity contribution in [3.8, 4) is 11.3 Å². The number of pyridine rings is 1. The standard InChI is InChI=1S/C26H27N5O2/c1-29-24(32)17-23(20-10-12-27-13-11-20)28-26(29)31-16-4-5-22(18-31)19-6-8-21(9-7-19)25(33)30-14-2-3-15-30/h5-13,17H,2-4,14-16,18H2,1H3. The SMILES string of the molecule is Cn1c(N2CCC=C(c3ccc(C(=O)N4CCCC4)cc3)C2)nc(-c2ccncc2)cc1=O. The Balaban J connectivity index is 1.38. The van der Waals surface area contributed by atoms with Gasteiger partial charge in [0, 0.05) is 62.8 Å². The molecule has 0 saturated carbocycles. The number of hydrogen-bond acceptors (Lipinski definition) is 5. The van der Waals surface area contributed by atoms with Crippen LogP contribution in [0.2, 0.25) is 0 Å². The number of hydrogen-bond donors (Lipinski definition) is 0. The van der Waals surface area contributed by atoms with Crippen LogP contribution < -0.4 is 10.5 Å². The predicted octanol–water partition coefficient (Wildman–Crippen LogP) is 3.37. The number of likely N-dealkylation sites (tertiary alicyclic amines) is 1. The molecule has 5 rings (SSSR count). The molecule has 1 saturated heterocycles. The number of amides is 1. The molecule has 3 aromatic rings. The Labute approximate surface area is 193 Å². The fourth-order valence-corrected chi connectivity index (χ4v) is 4.53. The van der Waals surface area contributed by atoms with Gasteiger partial charge in [-0.15, -0.1) is 0 Å². The van der Waals surface area contributed by atoms with E-state index in [1.54, 1.807) is 30.1 Å². The molecule has 2 aromatic heterocycles. The average Bonchev–Trinajstić information content (AvgIpc) is 3.41. The molecule has 7 nitrogen and oxygen atoms in total. The maximum absolute atomic E-state index is 12.7. The quantitative estimate of drug-likeness (QED) is 0.621. The van der Waals surface area contributed by atoms with Gasteiger partial charge in [0.1, 0.15) is 0 Å². The third-order valence-corrected chi connectivity index (χ3v) is 6.42. The van der Waals surface area contributed by atoms with E-state index in [2.05, 4.69) is 16.0 Å². The normalized spacial score (nSPS) is 16.1. The first kappa shape index (κ1) is 21.1. The largest absolute Gasteiger partial charge is 0.339 e. The summed E-state index contributed by atoms with van der Waals surface area (Å²) in [7, 11) is 1.76. The van der Waals surface area contributed by atoms with Crippen molar-refractivity contribution in [2.24, 2.45) is 7.05 Å². The zero-order chi connectivity index (χ0) is 22.8. The molecule has 2 aliphatic heterocycles. The number of carbonyl (C=O) groups is 1. The molecule has 2 aliphatic rings. The van der Waals surface area contributed by atoms with Crippen LogP contribution in [0.25, 0.3) is 16.8 Å². The van der Waals surface area contributed by atoms with Crippen LogP contribution in [0.5, 0.6) is 0 Å². The van der Waals surface area contributed by atoms with Crippen molar-refractivity contribution in [1.82, 2.24) is 19.4 Å². The topological polar surface area (TPSA) is 71.3 Å². The number of nitrogens with zero attached hydrogens (tertiary/aromatic N) is 5. The zero-order valence-electron chi connectivity index (χ0n) is 18.8. The van der Waals surface area contributed by atoms with Crippen molar-refractivity contribution >= 4 is 17.4 Å².